The normalized spacial score (nSPS) is 14.0. The number of carbonyl (C=O) groups is 4. The lowest BCUT2D eigenvalue weighted by molar-refractivity contribution is -0.122. The van der Waals surface area contributed by atoms with Gasteiger partial charge in [-0.15, -0.1) is 0 Å². The number of carbonyl (C=O) groups excluding carboxylic acids is 4. The van der Waals surface area contributed by atoms with E-state index in [-0.39, 0.29) is 29.4 Å². The quantitative estimate of drug-likeness (QED) is 0.239. The molecule has 1 aliphatic heterocycles. The molecule has 0 aromatic heterocycles. The molecular weight excluding hydrogens is 566 g/mol. The molecule has 11 nitrogen and oxygen atoms in total. The fraction of sp³-hybridized carbons (Fsp3) is 0.200. The van der Waals surface area contributed by atoms with Gasteiger partial charge < -0.3 is 24.3 Å². The van der Waals surface area contributed by atoms with Gasteiger partial charge in [-0.25, -0.2) is 9.69 Å². The number of nitrogens with zero attached hydrogens (tertiary/aromatic N) is 1. The molecule has 0 aliphatic carbocycles. The number of urea groups is 1. The third-order valence-electron chi connectivity index (χ3n) is 5.95. The monoisotopic (exact) mass is 593 g/mol. The van der Waals surface area contributed by atoms with Crippen LogP contribution in [0.1, 0.15) is 18.9 Å². The molecule has 2 N–H and O–H groups in total. The molecule has 4 rings (SSSR count). The lowest BCUT2D eigenvalue weighted by atomic mass is 10.1. The third-order valence-corrected chi connectivity index (χ3v) is 6.21. The Morgan fingerprint density at radius 1 is 0.905 bits per heavy atom. The minimum absolute atomic E-state index is 0.190. The number of nitrogens with one attached hydrogen (secondary N) is 2. The number of hydrogen-bond donors (Lipinski definition) is 2. The molecule has 1 aliphatic rings. The van der Waals surface area contributed by atoms with Crippen molar-refractivity contribution in [3.05, 3.63) is 76.8 Å². The molecule has 218 valence electrons. The Morgan fingerprint density at radius 3 is 2.26 bits per heavy atom. The maximum atomic E-state index is 13.4. The molecule has 1 fully saturated rings. The molecule has 42 heavy (non-hydrogen) atoms. The lowest BCUT2D eigenvalue weighted by Gasteiger charge is -2.27. The summed E-state index contributed by atoms with van der Waals surface area (Å²) in [5.41, 5.74) is 0.885. The Bertz CT molecular complexity index is 1540. The van der Waals surface area contributed by atoms with Gasteiger partial charge in [0.05, 0.1) is 26.5 Å². The van der Waals surface area contributed by atoms with Gasteiger partial charge >= 0.3 is 6.03 Å². The zero-order chi connectivity index (χ0) is 30.2. The second-order valence-corrected chi connectivity index (χ2v) is 9.33. The van der Waals surface area contributed by atoms with Gasteiger partial charge in [0.2, 0.25) is 0 Å². The number of anilines is 2. The molecule has 3 aromatic carbocycles. The molecular formula is C30H28ClN3O8. The molecule has 0 unspecified atom stereocenters. The summed E-state index contributed by atoms with van der Waals surface area (Å²) in [5.74, 6) is -0.781. The highest BCUT2D eigenvalue weighted by Crippen LogP contribution is 2.34. The predicted molar refractivity (Wildman–Crippen MR) is 156 cm³/mol. The van der Waals surface area contributed by atoms with Gasteiger partial charge in [-0.05, 0) is 66.6 Å². The Kier molecular flexibility index (Phi) is 9.66. The number of halogens is 1. The van der Waals surface area contributed by atoms with E-state index in [1.807, 2.05) is 6.92 Å². The van der Waals surface area contributed by atoms with E-state index in [1.54, 1.807) is 36.4 Å². The molecule has 0 saturated carbocycles. The summed E-state index contributed by atoms with van der Waals surface area (Å²) in [6.07, 6.45) is 2.11. The second-order valence-electron chi connectivity index (χ2n) is 8.90. The first-order valence-corrected chi connectivity index (χ1v) is 13.2. The zero-order valence-electron chi connectivity index (χ0n) is 23.1. The summed E-state index contributed by atoms with van der Waals surface area (Å²) < 4.78 is 22.0. The maximum absolute atomic E-state index is 13.4. The van der Waals surface area contributed by atoms with Crippen molar-refractivity contribution in [1.82, 2.24) is 5.32 Å². The van der Waals surface area contributed by atoms with E-state index < -0.39 is 23.8 Å². The fourth-order valence-corrected chi connectivity index (χ4v) is 4.08. The van der Waals surface area contributed by atoms with E-state index >= 15 is 0 Å². The van der Waals surface area contributed by atoms with Gasteiger partial charge in [-0.2, -0.15) is 0 Å². The van der Waals surface area contributed by atoms with Crippen LogP contribution < -0.4 is 34.5 Å². The van der Waals surface area contributed by atoms with Gasteiger partial charge in [0.25, 0.3) is 17.7 Å². The number of methoxy groups -OCH3 is 2. The molecule has 3 aromatic rings. The van der Waals surface area contributed by atoms with Gasteiger partial charge in [0.15, 0.2) is 29.6 Å². The van der Waals surface area contributed by atoms with E-state index in [0.717, 1.165) is 11.3 Å². The lowest BCUT2D eigenvalue weighted by Crippen LogP contribution is -2.54. The number of amides is 5. The van der Waals surface area contributed by atoms with E-state index in [2.05, 4.69) is 10.6 Å². The maximum Gasteiger partial charge on any atom is 0.335 e. The summed E-state index contributed by atoms with van der Waals surface area (Å²) in [7, 11) is 2.85. The van der Waals surface area contributed by atoms with Crippen molar-refractivity contribution >= 4 is 52.8 Å². The summed E-state index contributed by atoms with van der Waals surface area (Å²) in [4.78, 5) is 51.8. The van der Waals surface area contributed by atoms with Gasteiger partial charge in [-0.3, -0.25) is 19.7 Å². The summed E-state index contributed by atoms with van der Waals surface area (Å²) in [6.45, 7) is 2.12. The minimum atomic E-state index is -0.898. The molecule has 5 amide bonds. The first kappa shape index (κ1) is 29.9. The average Bonchev–Trinajstić information content (AvgIpc) is 2.98. The molecule has 12 heteroatoms. The summed E-state index contributed by atoms with van der Waals surface area (Å²) in [6, 6.07) is 15.0. The largest absolute Gasteiger partial charge is 0.493 e. The van der Waals surface area contributed by atoms with E-state index in [4.69, 9.17) is 30.5 Å². The van der Waals surface area contributed by atoms with Crippen LogP contribution in [0.25, 0.3) is 6.08 Å². The van der Waals surface area contributed by atoms with E-state index in [1.165, 1.54) is 44.6 Å². The Hall–Kier alpha value is -5.03. The predicted octanol–water partition coefficient (Wildman–Crippen LogP) is 4.83. The number of hydrogen-bond acceptors (Lipinski definition) is 8. The van der Waals surface area contributed by atoms with Crippen molar-refractivity contribution in [2.24, 2.45) is 0 Å². The SMILES string of the molecule is CCCOc1ccc(N2C(=O)NC(=O)/C(=C\c3ccc(OCC(=O)Nc4ccc(Cl)cc4)c(OC)c3)C2=O)cc1OC. The second kappa shape index (κ2) is 13.6. The van der Waals surface area contributed by atoms with Crippen molar-refractivity contribution in [2.75, 3.05) is 37.7 Å². The topological polar surface area (TPSA) is 132 Å². The van der Waals surface area contributed by atoms with Crippen LogP contribution in [0.2, 0.25) is 5.02 Å². The Labute approximate surface area is 246 Å². The van der Waals surface area contributed by atoms with Crippen molar-refractivity contribution in [3.63, 3.8) is 0 Å². The summed E-state index contributed by atoms with van der Waals surface area (Å²) >= 11 is 5.86. The van der Waals surface area contributed by atoms with Crippen LogP contribution in [0.3, 0.4) is 0 Å². The van der Waals surface area contributed by atoms with Crippen LogP contribution in [0.15, 0.2) is 66.2 Å². The molecule has 0 bridgehead atoms. The number of ether oxygens (including phenoxy) is 4. The summed E-state index contributed by atoms with van der Waals surface area (Å²) in [5, 5.41) is 5.42. The first-order valence-electron chi connectivity index (χ1n) is 12.8. The number of imide groups is 2. The molecule has 1 heterocycles. The highest BCUT2D eigenvalue weighted by Gasteiger charge is 2.37. The zero-order valence-corrected chi connectivity index (χ0v) is 23.8. The molecule has 0 spiro atoms. The smallest absolute Gasteiger partial charge is 0.335 e. The van der Waals surface area contributed by atoms with E-state index in [0.29, 0.717) is 34.4 Å². The van der Waals surface area contributed by atoms with Crippen LogP contribution >= 0.6 is 11.6 Å². The van der Waals surface area contributed by atoms with Crippen molar-refractivity contribution in [2.45, 2.75) is 13.3 Å². The molecule has 0 radical (unpaired) electrons. The van der Waals surface area contributed by atoms with Gasteiger partial charge in [-0.1, -0.05) is 24.6 Å². The molecule has 1 saturated heterocycles. The van der Waals surface area contributed by atoms with Crippen LogP contribution in [-0.2, 0) is 14.4 Å². The Morgan fingerprint density at radius 2 is 1.57 bits per heavy atom. The molecule has 0 atom stereocenters. The standard InChI is InChI=1S/C30H28ClN3O8/c1-4-13-41-23-12-10-21(16-26(23)40-3)34-29(37)22(28(36)33-30(34)38)14-18-5-11-24(25(15-18)39-2)42-17-27(35)32-20-8-6-19(31)7-9-20/h5-12,14-16H,4,13,17H2,1-3H3,(H,32,35)(H,33,36,38)/b22-14+. The third kappa shape index (κ3) is 6.99. The van der Waals surface area contributed by atoms with Gasteiger partial charge in [0, 0.05) is 16.8 Å². The minimum Gasteiger partial charge on any atom is -0.493 e. The van der Waals surface area contributed by atoms with Crippen LogP contribution in [0.5, 0.6) is 23.0 Å². The van der Waals surface area contributed by atoms with Gasteiger partial charge in [0.1, 0.15) is 5.57 Å². The van der Waals surface area contributed by atoms with Crippen LogP contribution in [0, 0.1) is 0 Å². The highest BCUT2D eigenvalue weighted by molar-refractivity contribution is 6.39. The van der Waals surface area contributed by atoms with Crippen LogP contribution in [0.4, 0.5) is 16.2 Å². The van der Waals surface area contributed by atoms with Crippen molar-refractivity contribution < 1.29 is 38.1 Å². The fourth-order valence-electron chi connectivity index (χ4n) is 3.95. The number of benzene rings is 3. The average molecular weight is 594 g/mol. The van der Waals surface area contributed by atoms with Crippen molar-refractivity contribution in [1.29, 1.82) is 0 Å². The van der Waals surface area contributed by atoms with E-state index in [9.17, 15) is 19.2 Å². The van der Waals surface area contributed by atoms with Crippen LogP contribution in [-0.4, -0.2) is 51.2 Å². The highest BCUT2D eigenvalue weighted by atomic mass is 35.5. The number of rotatable bonds is 11. The Balaban J connectivity index is 1.52. The first-order chi connectivity index (χ1) is 20.2. The number of barbiturate groups is 1. The van der Waals surface area contributed by atoms with Crippen molar-refractivity contribution in [3.8, 4) is 23.0 Å².